The van der Waals surface area contributed by atoms with Crippen molar-refractivity contribution in [2.75, 3.05) is 18.8 Å². The van der Waals surface area contributed by atoms with Gasteiger partial charge in [0.1, 0.15) is 5.60 Å². The first-order valence-electron chi connectivity index (χ1n) is 11.2. The standard InChI is InChI=1S/C24H31NO5S2/c1-19-7-11-21(12-8-19)31(26,27)17-5-16-25(18-24-15-4-3-6-23(24)30-24)32(28,29)22-13-9-20(2)10-14-22/h7-14,23H,3-6,15-18H2,1-2H3. The lowest BCUT2D eigenvalue weighted by molar-refractivity contribution is 0.235. The van der Waals surface area contributed by atoms with Gasteiger partial charge in [-0.2, -0.15) is 4.31 Å². The van der Waals surface area contributed by atoms with Crippen molar-refractivity contribution in [1.82, 2.24) is 4.31 Å². The lowest BCUT2D eigenvalue weighted by atomic mass is 9.89. The van der Waals surface area contributed by atoms with Crippen LogP contribution in [0.2, 0.25) is 0 Å². The van der Waals surface area contributed by atoms with Gasteiger partial charge in [-0.3, -0.25) is 0 Å². The number of benzene rings is 2. The van der Waals surface area contributed by atoms with E-state index in [0.717, 1.165) is 36.8 Å². The van der Waals surface area contributed by atoms with Gasteiger partial charge >= 0.3 is 0 Å². The number of hydrogen-bond donors (Lipinski definition) is 0. The number of epoxide rings is 1. The van der Waals surface area contributed by atoms with Crippen LogP contribution in [0.1, 0.15) is 43.2 Å². The Morgan fingerprint density at radius 2 is 1.50 bits per heavy atom. The summed E-state index contributed by atoms with van der Waals surface area (Å²) >= 11 is 0. The molecule has 1 aliphatic carbocycles. The van der Waals surface area contributed by atoms with Gasteiger partial charge in [-0.15, -0.1) is 0 Å². The molecule has 4 rings (SSSR count). The summed E-state index contributed by atoms with van der Waals surface area (Å²) in [7, 11) is -7.24. The van der Waals surface area contributed by atoms with Gasteiger partial charge < -0.3 is 4.74 Å². The molecular weight excluding hydrogens is 446 g/mol. The Labute approximate surface area is 191 Å². The molecule has 2 fully saturated rings. The largest absolute Gasteiger partial charge is 0.365 e. The number of aryl methyl sites for hydroxylation is 2. The third kappa shape index (κ3) is 4.93. The Bertz CT molecular complexity index is 1160. The second-order valence-corrected chi connectivity index (χ2v) is 13.1. The zero-order chi connectivity index (χ0) is 23.0. The normalized spacial score (nSPS) is 23.2. The van der Waals surface area contributed by atoms with Crippen molar-refractivity contribution in [1.29, 1.82) is 0 Å². The van der Waals surface area contributed by atoms with Crippen molar-refractivity contribution in [3.63, 3.8) is 0 Å². The molecule has 1 heterocycles. The molecule has 2 aliphatic rings. The number of nitrogens with zero attached hydrogens (tertiary/aromatic N) is 1. The van der Waals surface area contributed by atoms with Crippen LogP contribution in [-0.2, 0) is 24.6 Å². The van der Waals surface area contributed by atoms with Crippen molar-refractivity contribution < 1.29 is 21.6 Å². The van der Waals surface area contributed by atoms with Gasteiger partial charge in [0.15, 0.2) is 9.84 Å². The molecular formula is C24H31NO5S2. The summed E-state index contributed by atoms with van der Waals surface area (Å²) in [6, 6.07) is 13.5. The minimum Gasteiger partial charge on any atom is -0.365 e. The molecule has 1 saturated carbocycles. The molecule has 8 heteroatoms. The van der Waals surface area contributed by atoms with Gasteiger partial charge in [-0.05, 0) is 57.4 Å². The highest BCUT2D eigenvalue weighted by Gasteiger charge is 2.58. The summed E-state index contributed by atoms with van der Waals surface area (Å²) in [6.07, 6.45) is 4.27. The number of hydrogen-bond acceptors (Lipinski definition) is 5. The molecule has 0 amide bonds. The average Bonchev–Trinajstić information content (AvgIpc) is 3.48. The second-order valence-electron chi connectivity index (χ2n) is 9.05. The van der Waals surface area contributed by atoms with Gasteiger partial charge in [0, 0.05) is 13.1 Å². The maximum absolute atomic E-state index is 13.5. The van der Waals surface area contributed by atoms with Gasteiger partial charge in [0.2, 0.25) is 10.0 Å². The van der Waals surface area contributed by atoms with Crippen molar-refractivity contribution >= 4 is 19.9 Å². The molecule has 174 valence electrons. The molecule has 1 aliphatic heterocycles. The Kier molecular flexibility index (Phi) is 6.51. The predicted octanol–water partition coefficient (Wildman–Crippen LogP) is 3.87. The monoisotopic (exact) mass is 477 g/mol. The van der Waals surface area contributed by atoms with Crippen molar-refractivity contribution in [2.24, 2.45) is 0 Å². The van der Waals surface area contributed by atoms with Crippen LogP contribution in [0.4, 0.5) is 0 Å². The first-order valence-corrected chi connectivity index (χ1v) is 14.3. The molecule has 0 bridgehead atoms. The summed E-state index contributed by atoms with van der Waals surface area (Å²) < 4.78 is 59.8. The second kappa shape index (κ2) is 8.89. The fourth-order valence-electron chi connectivity index (χ4n) is 4.50. The molecule has 2 aromatic carbocycles. The third-order valence-electron chi connectivity index (χ3n) is 6.53. The lowest BCUT2D eigenvalue weighted by Gasteiger charge is -2.27. The topological polar surface area (TPSA) is 84.1 Å². The molecule has 32 heavy (non-hydrogen) atoms. The zero-order valence-electron chi connectivity index (χ0n) is 18.7. The Balaban J connectivity index is 1.51. The van der Waals surface area contributed by atoms with E-state index in [4.69, 9.17) is 4.74 Å². The maximum atomic E-state index is 13.5. The predicted molar refractivity (Wildman–Crippen MR) is 124 cm³/mol. The summed E-state index contributed by atoms with van der Waals surface area (Å²) in [4.78, 5) is 0.501. The van der Waals surface area contributed by atoms with E-state index in [-0.39, 0.29) is 41.2 Å². The summed E-state index contributed by atoms with van der Waals surface area (Å²) in [5.74, 6) is -0.104. The molecule has 6 nitrogen and oxygen atoms in total. The quantitative estimate of drug-likeness (QED) is 0.512. The van der Waals surface area contributed by atoms with Gasteiger partial charge in [0.05, 0.1) is 21.6 Å². The SMILES string of the molecule is Cc1ccc(S(=O)(=O)CCCN(CC23CCCCC2O3)S(=O)(=O)c2ccc(C)cc2)cc1. The summed E-state index contributed by atoms with van der Waals surface area (Å²) in [5.41, 5.74) is 1.56. The van der Waals surface area contributed by atoms with E-state index in [1.165, 1.54) is 4.31 Å². The highest BCUT2D eigenvalue weighted by atomic mass is 32.2. The zero-order valence-corrected chi connectivity index (χ0v) is 20.3. The van der Waals surface area contributed by atoms with E-state index < -0.39 is 25.5 Å². The fraction of sp³-hybridized carbons (Fsp3) is 0.500. The minimum atomic E-state index is -3.76. The first kappa shape index (κ1) is 23.4. The molecule has 0 N–H and O–H groups in total. The molecule has 2 atom stereocenters. The minimum absolute atomic E-state index is 0.104. The van der Waals surface area contributed by atoms with Crippen LogP contribution >= 0.6 is 0 Å². The smallest absolute Gasteiger partial charge is 0.243 e. The Morgan fingerprint density at radius 1 is 0.906 bits per heavy atom. The Hall–Kier alpha value is -1.74. The Morgan fingerprint density at radius 3 is 2.09 bits per heavy atom. The van der Waals surface area contributed by atoms with E-state index in [1.807, 2.05) is 13.8 Å². The van der Waals surface area contributed by atoms with Gasteiger partial charge in [-0.1, -0.05) is 48.2 Å². The van der Waals surface area contributed by atoms with Crippen LogP contribution in [0, 0.1) is 13.8 Å². The third-order valence-corrected chi connectivity index (χ3v) is 10.2. The molecule has 0 spiro atoms. The van der Waals surface area contributed by atoms with E-state index in [1.54, 1.807) is 48.5 Å². The van der Waals surface area contributed by atoms with Crippen LogP contribution in [0.5, 0.6) is 0 Å². The molecule has 1 saturated heterocycles. The highest BCUT2D eigenvalue weighted by molar-refractivity contribution is 7.91. The number of ether oxygens (including phenoxy) is 1. The molecule has 2 unspecified atom stereocenters. The average molecular weight is 478 g/mol. The van der Waals surface area contributed by atoms with Crippen LogP contribution in [0.25, 0.3) is 0 Å². The van der Waals surface area contributed by atoms with Crippen LogP contribution in [0.15, 0.2) is 58.3 Å². The van der Waals surface area contributed by atoms with Crippen LogP contribution in [0.3, 0.4) is 0 Å². The molecule has 0 aromatic heterocycles. The maximum Gasteiger partial charge on any atom is 0.243 e. The van der Waals surface area contributed by atoms with Crippen LogP contribution in [-0.4, -0.2) is 51.7 Å². The van der Waals surface area contributed by atoms with E-state index >= 15 is 0 Å². The molecule has 2 aromatic rings. The highest BCUT2D eigenvalue weighted by Crippen LogP contribution is 2.48. The first-order chi connectivity index (χ1) is 15.1. The van der Waals surface area contributed by atoms with E-state index in [9.17, 15) is 16.8 Å². The lowest BCUT2D eigenvalue weighted by Crippen LogP contribution is -2.42. The van der Waals surface area contributed by atoms with Gasteiger partial charge in [0.25, 0.3) is 0 Å². The number of rotatable bonds is 9. The van der Waals surface area contributed by atoms with E-state index in [0.29, 0.717) is 0 Å². The summed E-state index contributed by atoms with van der Waals surface area (Å²) in [6.45, 7) is 4.23. The fourth-order valence-corrected chi connectivity index (χ4v) is 7.33. The summed E-state index contributed by atoms with van der Waals surface area (Å²) in [5, 5.41) is 0. The number of fused-ring (bicyclic) bond motifs is 1. The number of sulfonamides is 1. The van der Waals surface area contributed by atoms with E-state index in [2.05, 4.69) is 0 Å². The van der Waals surface area contributed by atoms with Crippen LogP contribution < -0.4 is 0 Å². The van der Waals surface area contributed by atoms with Crippen molar-refractivity contribution in [3.05, 3.63) is 59.7 Å². The van der Waals surface area contributed by atoms with Crippen molar-refractivity contribution in [2.45, 2.75) is 67.4 Å². The van der Waals surface area contributed by atoms with Gasteiger partial charge in [-0.25, -0.2) is 16.8 Å². The number of sulfone groups is 1. The van der Waals surface area contributed by atoms with Crippen molar-refractivity contribution in [3.8, 4) is 0 Å². The molecule has 0 radical (unpaired) electrons.